The summed E-state index contributed by atoms with van der Waals surface area (Å²) in [5, 5.41) is 7.72. The Hall–Kier alpha value is -3.25. The second kappa shape index (κ2) is 10.8. The minimum atomic E-state index is -3.93. The van der Waals surface area contributed by atoms with Crippen LogP contribution in [0.1, 0.15) is 62.3 Å². The molecule has 12 heteroatoms. The van der Waals surface area contributed by atoms with E-state index in [4.69, 9.17) is 14.2 Å². The fourth-order valence-electron chi connectivity index (χ4n) is 4.12. The fraction of sp³-hybridized carbons (Fsp3) is 0.500. The fourth-order valence-corrected chi connectivity index (χ4v) is 5.36. The molecule has 3 heterocycles. The van der Waals surface area contributed by atoms with Crippen molar-refractivity contribution in [3.63, 3.8) is 0 Å². The lowest BCUT2D eigenvalue weighted by Gasteiger charge is -2.25. The van der Waals surface area contributed by atoms with Gasteiger partial charge in [0.05, 0.1) is 19.5 Å². The molecule has 3 aromatic rings. The number of methoxy groups -OCH3 is 2. The highest BCUT2D eigenvalue weighted by Gasteiger charge is 2.34. The molecule has 1 saturated heterocycles. The van der Waals surface area contributed by atoms with Crippen molar-refractivity contribution >= 4 is 16.0 Å². The molecule has 1 aliphatic rings. The SMILES string of the molecule is COc1cccc(OC)c1-n1c(NS(=O)(=O)[C@@H](C)[C@H](C)c2ncc(C)cn2)nnc1C1CCCCO1. The Bertz CT molecular complexity index is 1270. The zero-order valence-corrected chi connectivity index (χ0v) is 21.9. The molecule has 1 aromatic carbocycles. The Balaban J connectivity index is 1.77. The Morgan fingerprint density at radius 1 is 1.08 bits per heavy atom. The Kier molecular flexibility index (Phi) is 7.74. The van der Waals surface area contributed by atoms with E-state index in [2.05, 4.69) is 24.9 Å². The second-order valence-electron chi connectivity index (χ2n) is 8.84. The summed E-state index contributed by atoms with van der Waals surface area (Å²) in [6, 6.07) is 5.32. The number of ether oxygens (including phenoxy) is 3. The van der Waals surface area contributed by atoms with Crippen LogP contribution in [0, 0.1) is 6.92 Å². The summed E-state index contributed by atoms with van der Waals surface area (Å²) in [6.45, 7) is 5.87. The summed E-state index contributed by atoms with van der Waals surface area (Å²) in [4.78, 5) is 8.62. The molecule has 0 saturated carbocycles. The van der Waals surface area contributed by atoms with Crippen molar-refractivity contribution in [2.24, 2.45) is 0 Å². The average Bonchev–Trinajstić information content (AvgIpc) is 3.30. The number of benzene rings is 1. The van der Waals surface area contributed by atoms with Crippen molar-refractivity contribution in [3.8, 4) is 17.2 Å². The Morgan fingerprint density at radius 2 is 1.75 bits per heavy atom. The standard InChI is InChI=1S/C24H32N6O5S/c1-15-13-25-22(26-14-15)16(2)17(3)36(31,32)29-24-28-27-23(20-9-6-7-12-35-20)30(24)21-18(33-4)10-8-11-19(21)34-5/h8,10-11,13-14,16-17,20H,6-7,9,12H2,1-5H3,(H,28,29)/t16-,17-,20?/m0/s1. The molecule has 1 N–H and O–H groups in total. The van der Waals surface area contributed by atoms with Crippen molar-refractivity contribution in [2.75, 3.05) is 25.5 Å². The van der Waals surface area contributed by atoms with Crippen LogP contribution in [-0.4, -0.2) is 59.2 Å². The molecule has 1 aliphatic heterocycles. The highest BCUT2D eigenvalue weighted by Crippen LogP contribution is 2.39. The predicted octanol–water partition coefficient (Wildman–Crippen LogP) is 3.56. The Labute approximate surface area is 211 Å². The second-order valence-corrected chi connectivity index (χ2v) is 10.9. The van der Waals surface area contributed by atoms with E-state index in [1.807, 2.05) is 6.92 Å². The average molecular weight is 517 g/mol. The topological polar surface area (TPSA) is 130 Å². The van der Waals surface area contributed by atoms with Crippen molar-refractivity contribution in [3.05, 3.63) is 47.8 Å². The van der Waals surface area contributed by atoms with Crippen LogP contribution in [0.4, 0.5) is 5.95 Å². The maximum atomic E-state index is 13.5. The maximum Gasteiger partial charge on any atom is 0.243 e. The van der Waals surface area contributed by atoms with Gasteiger partial charge in [-0.05, 0) is 50.8 Å². The van der Waals surface area contributed by atoms with Crippen LogP contribution >= 0.6 is 0 Å². The maximum absolute atomic E-state index is 13.5. The van der Waals surface area contributed by atoms with Crippen LogP contribution < -0.4 is 14.2 Å². The van der Waals surface area contributed by atoms with Gasteiger partial charge >= 0.3 is 0 Å². The molecule has 0 aliphatic carbocycles. The summed E-state index contributed by atoms with van der Waals surface area (Å²) in [5.74, 6) is 1.41. The number of nitrogens with zero attached hydrogens (tertiary/aromatic N) is 5. The predicted molar refractivity (Wildman–Crippen MR) is 134 cm³/mol. The van der Waals surface area contributed by atoms with E-state index in [1.54, 1.807) is 49.0 Å². The first kappa shape index (κ1) is 25.8. The summed E-state index contributed by atoms with van der Waals surface area (Å²) < 4.78 is 48.5. The number of nitrogens with one attached hydrogen (secondary N) is 1. The van der Waals surface area contributed by atoms with Gasteiger partial charge in [0.15, 0.2) is 5.82 Å². The van der Waals surface area contributed by atoms with Crippen molar-refractivity contribution in [1.82, 2.24) is 24.7 Å². The lowest BCUT2D eigenvalue weighted by Crippen LogP contribution is -2.31. The molecule has 2 aromatic heterocycles. The van der Waals surface area contributed by atoms with Gasteiger partial charge < -0.3 is 14.2 Å². The number of para-hydroxylation sites is 1. The molecule has 4 rings (SSSR count). The highest BCUT2D eigenvalue weighted by atomic mass is 32.2. The highest BCUT2D eigenvalue weighted by molar-refractivity contribution is 7.93. The molecule has 36 heavy (non-hydrogen) atoms. The van der Waals surface area contributed by atoms with Crippen LogP contribution in [0.25, 0.3) is 5.69 Å². The molecular formula is C24H32N6O5S. The zero-order valence-electron chi connectivity index (χ0n) is 21.1. The van der Waals surface area contributed by atoms with Gasteiger partial charge in [0.2, 0.25) is 16.0 Å². The number of anilines is 1. The zero-order chi connectivity index (χ0) is 25.9. The summed E-state index contributed by atoms with van der Waals surface area (Å²) in [5.41, 5.74) is 1.38. The van der Waals surface area contributed by atoms with Crippen molar-refractivity contribution in [1.29, 1.82) is 0 Å². The summed E-state index contributed by atoms with van der Waals surface area (Å²) >= 11 is 0. The van der Waals surface area contributed by atoms with Crippen LogP contribution in [0.3, 0.4) is 0 Å². The minimum absolute atomic E-state index is 0.0193. The van der Waals surface area contributed by atoms with E-state index in [-0.39, 0.29) is 12.1 Å². The van der Waals surface area contributed by atoms with E-state index in [0.717, 1.165) is 24.8 Å². The van der Waals surface area contributed by atoms with Gasteiger partial charge in [-0.2, -0.15) is 0 Å². The molecule has 0 amide bonds. The first-order valence-corrected chi connectivity index (χ1v) is 13.4. The number of rotatable bonds is 9. The number of hydrogen-bond donors (Lipinski definition) is 1. The van der Waals surface area contributed by atoms with Gasteiger partial charge in [-0.3, -0.25) is 9.29 Å². The first-order valence-electron chi connectivity index (χ1n) is 11.8. The Morgan fingerprint density at radius 3 is 2.33 bits per heavy atom. The summed E-state index contributed by atoms with van der Waals surface area (Å²) in [6.07, 6.45) is 5.65. The molecule has 0 spiro atoms. The normalized spacial score (nSPS) is 17.9. The molecule has 1 unspecified atom stereocenters. The largest absolute Gasteiger partial charge is 0.494 e. The van der Waals surface area contributed by atoms with Crippen LogP contribution in [0.2, 0.25) is 0 Å². The third-order valence-corrected chi connectivity index (χ3v) is 8.27. The van der Waals surface area contributed by atoms with Gasteiger partial charge in [0.25, 0.3) is 0 Å². The molecule has 1 fully saturated rings. The van der Waals surface area contributed by atoms with E-state index in [9.17, 15) is 8.42 Å². The summed E-state index contributed by atoms with van der Waals surface area (Å²) in [7, 11) is -0.861. The van der Waals surface area contributed by atoms with Crippen LogP contribution in [0.5, 0.6) is 11.5 Å². The minimum Gasteiger partial charge on any atom is -0.494 e. The molecular weight excluding hydrogens is 484 g/mol. The smallest absolute Gasteiger partial charge is 0.243 e. The van der Waals surface area contributed by atoms with Gasteiger partial charge in [0.1, 0.15) is 29.1 Å². The van der Waals surface area contributed by atoms with E-state index >= 15 is 0 Å². The van der Waals surface area contributed by atoms with E-state index < -0.39 is 21.2 Å². The number of aromatic nitrogens is 5. The van der Waals surface area contributed by atoms with Crippen LogP contribution in [0.15, 0.2) is 30.6 Å². The molecule has 194 valence electrons. The molecule has 3 atom stereocenters. The lowest BCUT2D eigenvalue weighted by molar-refractivity contribution is 0.00839. The van der Waals surface area contributed by atoms with E-state index in [0.29, 0.717) is 35.4 Å². The quantitative estimate of drug-likeness (QED) is 0.453. The third kappa shape index (κ3) is 5.14. The van der Waals surface area contributed by atoms with Gasteiger partial charge in [-0.25, -0.2) is 18.4 Å². The van der Waals surface area contributed by atoms with Crippen molar-refractivity contribution in [2.45, 2.75) is 57.3 Å². The monoisotopic (exact) mass is 516 g/mol. The molecule has 11 nitrogen and oxygen atoms in total. The van der Waals surface area contributed by atoms with Gasteiger partial charge in [0, 0.05) is 24.9 Å². The van der Waals surface area contributed by atoms with Gasteiger partial charge in [-0.15, -0.1) is 10.2 Å². The lowest BCUT2D eigenvalue weighted by atomic mass is 10.1. The third-order valence-electron chi connectivity index (χ3n) is 6.42. The van der Waals surface area contributed by atoms with Crippen molar-refractivity contribution < 1.29 is 22.6 Å². The molecule has 0 bridgehead atoms. The van der Waals surface area contributed by atoms with Gasteiger partial charge in [-0.1, -0.05) is 13.0 Å². The first-order chi connectivity index (χ1) is 17.3. The van der Waals surface area contributed by atoms with E-state index in [1.165, 1.54) is 14.2 Å². The number of hydrogen-bond acceptors (Lipinski definition) is 9. The number of aryl methyl sites for hydroxylation is 1. The van der Waals surface area contributed by atoms with Crippen LogP contribution in [-0.2, 0) is 14.8 Å². The number of sulfonamides is 1. The molecule has 0 radical (unpaired) electrons.